The van der Waals surface area contributed by atoms with Crippen LogP contribution in [0.4, 0.5) is 10.5 Å². The van der Waals surface area contributed by atoms with Gasteiger partial charge in [0.25, 0.3) is 0 Å². The van der Waals surface area contributed by atoms with E-state index in [1.165, 1.54) is 0 Å². The number of nitrogens with one attached hydrogen (secondary N) is 1. The molecule has 9 heteroatoms. The Morgan fingerprint density at radius 2 is 1.64 bits per heavy atom. The maximum absolute atomic E-state index is 12.5. The van der Waals surface area contributed by atoms with Gasteiger partial charge in [0, 0.05) is 11.8 Å². The van der Waals surface area contributed by atoms with E-state index in [1.807, 2.05) is 0 Å². The van der Waals surface area contributed by atoms with Crippen molar-refractivity contribution < 1.29 is 28.7 Å². The average molecular weight is 381 g/mol. The number of benzene rings is 2. The number of nitrogens with zero attached hydrogens (tertiary/aromatic N) is 2. The molecule has 4 rings (SSSR count). The normalized spacial score (nSPS) is 15.4. The molecule has 2 heterocycles. The Balaban J connectivity index is 1.42. The molecule has 0 radical (unpaired) electrons. The van der Waals surface area contributed by atoms with Crippen molar-refractivity contribution in [2.24, 2.45) is 0 Å². The lowest BCUT2D eigenvalue weighted by Gasteiger charge is -2.15. The smallest absolute Gasteiger partial charge is 0.335 e. The van der Waals surface area contributed by atoms with Crippen molar-refractivity contribution in [3.63, 3.8) is 0 Å². The van der Waals surface area contributed by atoms with Gasteiger partial charge in [0.2, 0.25) is 12.7 Å². The fourth-order valence-corrected chi connectivity index (χ4v) is 2.91. The second kappa shape index (κ2) is 7.03. The van der Waals surface area contributed by atoms with Gasteiger partial charge in [-0.1, -0.05) is 30.3 Å². The van der Waals surface area contributed by atoms with Crippen molar-refractivity contribution in [3.8, 4) is 11.5 Å². The minimum Gasteiger partial charge on any atom is -0.454 e. The van der Waals surface area contributed by atoms with Crippen LogP contribution in [-0.2, 0) is 20.9 Å². The van der Waals surface area contributed by atoms with Gasteiger partial charge in [0.15, 0.2) is 11.5 Å². The van der Waals surface area contributed by atoms with Crippen molar-refractivity contribution in [3.05, 3.63) is 54.1 Å². The van der Waals surface area contributed by atoms with Gasteiger partial charge < -0.3 is 14.8 Å². The van der Waals surface area contributed by atoms with Crippen LogP contribution in [0, 0.1) is 0 Å². The van der Waals surface area contributed by atoms with Crippen LogP contribution >= 0.6 is 0 Å². The van der Waals surface area contributed by atoms with Gasteiger partial charge in [0.05, 0.1) is 6.54 Å². The first-order valence-electron chi connectivity index (χ1n) is 8.43. The minimum atomic E-state index is -1.03. The summed E-state index contributed by atoms with van der Waals surface area (Å²) in [5.74, 6) is -1.55. The molecular formula is C19H15N3O6. The number of anilines is 1. The highest BCUT2D eigenvalue weighted by atomic mass is 16.7. The zero-order valence-electron chi connectivity index (χ0n) is 14.6. The lowest BCUT2D eigenvalue weighted by molar-refractivity contribution is -0.143. The van der Waals surface area contributed by atoms with E-state index in [2.05, 4.69) is 5.32 Å². The van der Waals surface area contributed by atoms with Crippen LogP contribution in [-0.4, -0.2) is 46.9 Å². The van der Waals surface area contributed by atoms with Crippen LogP contribution in [0.25, 0.3) is 0 Å². The number of fused-ring (bicyclic) bond motifs is 1. The van der Waals surface area contributed by atoms with Crippen LogP contribution in [0.2, 0.25) is 0 Å². The van der Waals surface area contributed by atoms with Crippen LogP contribution < -0.4 is 14.8 Å². The first-order valence-corrected chi connectivity index (χ1v) is 8.43. The average Bonchev–Trinajstić information content (AvgIpc) is 3.23. The summed E-state index contributed by atoms with van der Waals surface area (Å²) in [7, 11) is 0. The number of imide groups is 2. The molecule has 28 heavy (non-hydrogen) atoms. The zero-order chi connectivity index (χ0) is 19.7. The Kier molecular flexibility index (Phi) is 4.40. The molecule has 1 fully saturated rings. The van der Waals surface area contributed by atoms with Crippen LogP contribution in [0.5, 0.6) is 11.5 Å². The Morgan fingerprint density at radius 3 is 2.43 bits per heavy atom. The molecule has 142 valence electrons. The molecule has 2 aromatic carbocycles. The number of hydrogen-bond acceptors (Lipinski definition) is 6. The molecule has 1 saturated heterocycles. The van der Waals surface area contributed by atoms with Gasteiger partial charge in [-0.25, -0.2) is 9.69 Å². The SMILES string of the molecule is O=C(CN1C(=O)C(=O)N(Cc2ccccc2)C1=O)Nc1ccc2c(c1)OCO2. The summed E-state index contributed by atoms with van der Waals surface area (Å²) >= 11 is 0. The number of carbonyl (C=O) groups excluding carboxylic acids is 4. The zero-order valence-corrected chi connectivity index (χ0v) is 14.6. The first-order chi connectivity index (χ1) is 13.5. The second-order valence-corrected chi connectivity index (χ2v) is 6.17. The van der Waals surface area contributed by atoms with Crippen LogP contribution in [0.15, 0.2) is 48.5 Å². The molecule has 2 aliphatic heterocycles. The van der Waals surface area contributed by atoms with Crippen LogP contribution in [0.1, 0.15) is 5.56 Å². The third-order valence-electron chi connectivity index (χ3n) is 4.28. The minimum absolute atomic E-state index is 0.0372. The van der Waals surface area contributed by atoms with E-state index >= 15 is 0 Å². The molecule has 0 atom stereocenters. The molecule has 0 spiro atoms. The highest BCUT2D eigenvalue weighted by molar-refractivity contribution is 6.45. The van der Waals surface area contributed by atoms with Gasteiger partial charge in [0.1, 0.15) is 6.54 Å². The Bertz CT molecular complexity index is 975. The lowest BCUT2D eigenvalue weighted by atomic mass is 10.2. The predicted octanol–water partition coefficient (Wildman–Crippen LogP) is 1.34. The number of carbonyl (C=O) groups is 4. The number of ether oxygens (including phenoxy) is 2. The van der Waals surface area contributed by atoms with Crippen molar-refractivity contribution in [2.45, 2.75) is 6.54 Å². The topological polar surface area (TPSA) is 105 Å². The first kappa shape index (κ1) is 17.5. The summed E-state index contributed by atoms with van der Waals surface area (Å²) in [5, 5.41) is 2.57. The third kappa shape index (κ3) is 3.25. The quantitative estimate of drug-likeness (QED) is 0.619. The van der Waals surface area contributed by atoms with E-state index in [0.29, 0.717) is 27.6 Å². The van der Waals surface area contributed by atoms with Gasteiger partial charge in [-0.3, -0.25) is 19.3 Å². The number of hydrogen-bond donors (Lipinski definition) is 1. The van der Waals surface area contributed by atoms with Crippen molar-refractivity contribution in [2.75, 3.05) is 18.7 Å². The molecule has 9 nitrogen and oxygen atoms in total. The maximum Gasteiger partial charge on any atom is 0.335 e. The van der Waals surface area contributed by atoms with Crippen molar-refractivity contribution >= 4 is 29.4 Å². The summed E-state index contributed by atoms with van der Waals surface area (Å²) in [5.41, 5.74) is 1.12. The molecule has 2 aliphatic rings. The summed E-state index contributed by atoms with van der Waals surface area (Å²) < 4.78 is 10.4. The summed E-state index contributed by atoms with van der Waals surface area (Å²) in [4.78, 5) is 50.5. The Labute approximate surface area is 159 Å². The maximum atomic E-state index is 12.5. The van der Waals surface area contributed by atoms with Crippen molar-refractivity contribution in [1.82, 2.24) is 9.80 Å². The largest absolute Gasteiger partial charge is 0.454 e. The van der Waals surface area contributed by atoms with E-state index in [-0.39, 0.29) is 13.3 Å². The highest BCUT2D eigenvalue weighted by Crippen LogP contribution is 2.34. The molecular weight excluding hydrogens is 366 g/mol. The summed E-state index contributed by atoms with van der Waals surface area (Å²) in [6.07, 6.45) is 0. The van der Waals surface area contributed by atoms with Crippen molar-refractivity contribution in [1.29, 1.82) is 0 Å². The molecule has 2 aromatic rings. The molecule has 0 unspecified atom stereocenters. The Morgan fingerprint density at radius 1 is 0.929 bits per heavy atom. The fraction of sp³-hybridized carbons (Fsp3) is 0.158. The van der Waals surface area contributed by atoms with E-state index < -0.39 is 30.3 Å². The van der Waals surface area contributed by atoms with E-state index in [0.717, 1.165) is 4.90 Å². The summed E-state index contributed by atoms with van der Waals surface area (Å²) in [6, 6.07) is 12.8. The van der Waals surface area contributed by atoms with E-state index in [9.17, 15) is 19.2 Å². The molecule has 0 saturated carbocycles. The van der Waals surface area contributed by atoms with E-state index in [1.54, 1.807) is 48.5 Å². The second-order valence-electron chi connectivity index (χ2n) is 6.17. The van der Waals surface area contributed by atoms with Crippen LogP contribution in [0.3, 0.4) is 0 Å². The lowest BCUT2D eigenvalue weighted by Crippen LogP contribution is -2.38. The summed E-state index contributed by atoms with van der Waals surface area (Å²) in [6.45, 7) is -0.503. The number of rotatable bonds is 5. The fourth-order valence-electron chi connectivity index (χ4n) is 2.91. The monoisotopic (exact) mass is 381 g/mol. The van der Waals surface area contributed by atoms with E-state index in [4.69, 9.17) is 9.47 Å². The van der Waals surface area contributed by atoms with Gasteiger partial charge >= 0.3 is 17.8 Å². The highest BCUT2D eigenvalue weighted by Gasteiger charge is 2.45. The molecule has 0 aromatic heterocycles. The standard InChI is InChI=1S/C19H15N3O6/c23-16(20-13-6-7-14-15(8-13)28-11-27-14)10-22-18(25)17(24)21(19(22)26)9-12-4-2-1-3-5-12/h1-8H,9-11H2,(H,20,23). The van der Waals surface area contributed by atoms with Gasteiger partial charge in [-0.2, -0.15) is 0 Å². The van der Waals surface area contributed by atoms with Gasteiger partial charge in [-0.15, -0.1) is 0 Å². The Hall–Kier alpha value is -3.88. The molecule has 0 bridgehead atoms. The third-order valence-corrected chi connectivity index (χ3v) is 4.28. The molecule has 5 amide bonds. The predicted molar refractivity (Wildman–Crippen MR) is 95.3 cm³/mol. The van der Waals surface area contributed by atoms with Gasteiger partial charge in [-0.05, 0) is 17.7 Å². The number of urea groups is 1. The molecule has 0 aliphatic carbocycles. The molecule has 1 N–H and O–H groups in total. The number of amides is 5.